The van der Waals surface area contributed by atoms with E-state index < -0.39 is 29.1 Å². The van der Waals surface area contributed by atoms with E-state index in [4.69, 9.17) is 59.5 Å². The SMILES string of the molecule is COC(=O)c1ccc2nc(Cl)c(Cl)nc2c1.COC(=O)c1ccc2nc(NCCCCCC(=O)OC(C)(C)C)c(CN)nc2c1.COC(=O)c1ccc2nc(NCCCCCC(=O)OC(C)(C)C)c(Cl)nc2c1. The summed E-state index contributed by atoms with van der Waals surface area (Å²) in [4.78, 5) is 83.8. The second-order valence-corrected chi connectivity index (χ2v) is 19.2. The Kier molecular flexibility index (Phi) is 22.7. The highest BCUT2D eigenvalue weighted by molar-refractivity contribution is 6.40. The molecule has 0 saturated heterocycles. The van der Waals surface area contributed by atoms with E-state index in [1.165, 1.54) is 21.3 Å². The first kappa shape index (κ1) is 59.0. The highest BCUT2D eigenvalue weighted by atomic mass is 35.5. The van der Waals surface area contributed by atoms with Crippen LogP contribution in [0.2, 0.25) is 15.5 Å². The Balaban J connectivity index is 0.000000247. The number of methoxy groups -OCH3 is 3. The molecular formula is C51H62Cl3N9O10. The second kappa shape index (κ2) is 28.1. The lowest BCUT2D eigenvalue weighted by atomic mass is 10.1. The summed E-state index contributed by atoms with van der Waals surface area (Å²) in [5.41, 5.74) is 10.3. The van der Waals surface area contributed by atoms with Gasteiger partial charge in [-0.15, -0.1) is 0 Å². The molecule has 6 aromatic rings. The van der Waals surface area contributed by atoms with Crippen LogP contribution in [0.5, 0.6) is 0 Å². The fraction of sp³-hybridized carbons (Fsp3) is 0.431. The summed E-state index contributed by atoms with van der Waals surface area (Å²) in [7, 11) is 3.98. The number of ether oxygens (including phenoxy) is 5. The molecule has 0 bridgehead atoms. The number of hydrogen-bond acceptors (Lipinski definition) is 19. The predicted octanol–water partition coefficient (Wildman–Crippen LogP) is 10.3. The smallest absolute Gasteiger partial charge is 0.337 e. The van der Waals surface area contributed by atoms with Crippen molar-refractivity contribution in [1.82, 2.24) is 29.9 Å². The van der Waals surface area contributed by atoms with E-state index >= 15 is 0 Å². The van der Waals surface area contributed by atoms with Crippen LogP contribution in [0.15, 0.2) is 54.6 Å². The first-order valence-electron chi connectivity index (χ1n) is 23.3. The van der Waals surface area contributed by atoms with Crippen molar-refractivity contribution >= 4 is 109 Å². The quantitative estimate of drug-likeness (QED) is 0.0411. The van der Waals surface area contributed by atoms with Gasteiger partial charge in [-0.2, -0.15) is 0 Å². The molecule has 6 rings (SSSR count). The molecule has 0 saturated carbocycles. The first-order chi connectivity index (χ1) is 34.5. The Morgan fingerprint density at radius 1 is 0.479 bits per heavy atom. The Morgan fingerprint density at radius 3 is 1.23 bits per heavy atom. The van der Waals surface area contributed by atoms with Crippen molar-refractivity contribution in [3.63, 3.8) is 0 Å². The molecule has 0 aliphatic carbocycles. The van der Waals surface area contributed by atoms with Crippen LogP contribution >= 0.6 is 34.8 Å². The summed E-state index contributed by atoms with van der Waals surface area (Å²) in [5.74, 6) is -0.498. The third kappa shape index (κ3) is 19.4. The van der Waals surface area contributed by atoms with Crippen LogP contribution < -0.4 is 16.4 Å². The fourth-order valence-electron chi connectivity index (χ4n) is 6.61. The number of anilines is 2. The molecule has 19 nitrogen and oxygen atoms in total. The summed E-state index contributed by atoms with van der Waals surface area (Å²) in [6.45, 7) is 12.8. The monoisotopic (exact) mass is 1070 g/mol. The van der Waals surface area contributed by atoms with E-state index in [1.54, 1.807) is 54.6 Å². The highest BCUT2D eigenvalue weighted by Gasteiger charge is 2.18. The van der Waals surface area contributed by atoms with Gasteiger partial charge in [0.05, 0.1) is 76.8 Å². The van der Waals surface area contributed by atoms with E-state index in [9.17, 15) is 24.0 Å². The molecular weight excluding hydrogens is 1000 g/mol. The van der Waals surface area contributed by atoms with Gasteiger partial charge in [0.1, 0.15) is 17.0 Å². The number of nitrogens with two attached hydrogens (primary N) is 1. The van der Waals surface area contributed by atoms with Gasteiger partial charge < -0.3 is 40.1 Å². The summed E-state index contributed by atoms with van der Waals surface area (Å²) >= 11 is 17.7. The fourth-order valence-corrected chi connectivity index (χ4v) is 7.07. The normalized spacial score (nSPS) is 11.1. The Hall–Kier alpha value is -6.54. The van der Waals surface area contributed by atoms with E-state index in [1.807, 2.05) is 41.5 Å². The van der Waals surface area contributed by atoms with Crippen molar-refractivity contribution in [1.29, 1.82) is 0 Å². The highest BCUT2D eigenvalue weighted by Crippen LogP contribution is 2.25. The van der Waals surface area contributed by atoms with Crippen LogP contribution in [0.4, 0.5) is 11.6 Å². The lowest BCUT2D eigenvalue weighted by Gasteiger charge is -2.19. The predicted molar refractivity (Wildman–Crippen MR) is 281 cm³/mol. The van der Waals surface area contributed by atoms with Crippen LogP contribution in [0.25, 0.3) is 33.1 Å². The first-order valence-corrected chi connectivity index (χ1v) is 24.4. The number of esters is 5. The number of aromatic nitrogens is 6. The molecule has 0 aliphatic rings. The van der Waals surface area contributed by atoms with Gasteiger partial charge in [0, 0.05) is 32.5 Å². The number of hydrogen-bond donors (Lipinski definition) is 3. The molecule has 22 heteroatoms. The Bertz CT molecular complexity index is 2890. The van der Waals surface area contributed by atoms with Crippen molar-refractivity contribution in [2.45, 2.75) is 111 Å². The van der Waals surface area contributed by atoms with E-state index in [0.29, 0.717) is 93.1 Å². The Labute approximate surface area is 438 Å². The molecule has 3 aromatic carbocycles. The third-order valence-corrected chi connectivity index (χ3v) is 10.8. The lowest BCUT2D eigenvalue weighted by Crippen LogP contribution is -2.23. The van der Waals surface area contributed by atoms with Crippen molar-refractivity contribution in [2.75, 3.05) is 45.1 Å². The summed E-state index contributed by atoms with van der Waals surface area (Å²) in [6.07, 6.45) is 5.90. The molecule has 3 aromatic heterocycles. The van der Waals surface area contributed by atoms with Gasteiger partial charge in [-0.3, -0.25) is 9.59 Å². The number of fused-ring (bicyclic) bond motifs is 3. The number of nitrogens with one attached hydrogen (secondary N) is 2. The van der Waals surface area contributed by atoms with Crippen LogP contribution in [-0.4, -0.2) is 105 Å². The standard InChI is InChI=1S/C21H30N4O4.C20H26ClN3O4.C10H6Cl2N2O2/c1-21(2,3)29-18(26)8-6-5-7-11-23-19-17(13-22)24-16-12-14(20(27)28-4)9-10-15(16)25-19;1-20(2,3)28-16(25)8-6-5-7-11-22-18-17(21)23-15-12-13(19(26)27-4)9-10-14(15)24-18;1-16-10(15)5-2-3-6-7(4-5)14-9(12)8(11)13-6/h9-10,12H,5-8,11,13,22H2,1-4H3,(H,23,25);9-10,12H,5-8,11H2,1-4H3,(H,22,24);2-4H,1H3. The topological polar surface area (TPSA) is 259 Å². The molecule has 0 atom stereocenters. The maximum atomic E-state index is 11.7. The second-order valence-electron chi connectivity index (χ2n) is 18.1. The van der Waals surface area contributed by atoms with Crippen molar-refractivity contribution in [2.24, 2.45) is 5.73 Å². The van der Waals surface area contributed by atoms with E-state index in [-0.39, 0.29) is 33.9 Å². The minimum atomic E-state index is -0.443. The maximum Gasteiger partial charge on any atom is 0.337 e. The Morgan fingerprint density at radius 2 is 0.836 bits per heavy atom. The van der Waals surface area contributed by atoms with Crippen LogP contribution in [0.3, 0.4) is 0 Å². The van der Waals surface area contributed by atoms with Gasteiger partial charge in [0.15, 0.2) is 21.3 Å². The largest absolute Gasteiger partial charge is 0.465 e. The zero-order chi connectivity index (χ0) is 53.9. The minimum Gasteiger partial charge on any atom is -0.465 e. The van der Waals surface area contributed by atoms with Crippen molar-refractivity contribution in [3.8, 4) is 0 Å². The van der Waals surface area contributed by atoms with Gasteiger partial charge >= 0.3 is 29.8 Å². The van der Waals surface area contributed by atoms with E-state index in [2.05, 4.69) is 45.3 Å². The summed E-state index contributed by atoms with van der Waals surface area (Å²) in [6, 6.07) is 14.8. The lowest BCUT2D eigenvalue weighted by molar-refractivity contribution is -0.156. The van der Waals surface area contributed by atoms with Gasteiger partial charge in [-0.25, -0.2) is 44.3 Å². The van der Waals surface area contributed by atoms with Crippen molar-refractivity contribution in [3.05, 3.63) is 92.4 Å². The van der Waals surface area contributed by atoms with Gasteiger partial charge in [0.25, 0.3) is 0 Å². The molecule has 4 N–H and O–H groups in total. The molecule has 0 unspecified atom stereocenters. The number of benzene rings is 3. The number of carbonyl (C=O) groups excluding carboxylic acids is 5. The average Bonchev–Trinajstić information content (AvgIpc) is 3.34. The zero-order valence-electron chi connectivity index (χ0n) is 42.5. The minimum absolute atomic E-state index is 0.108. The molecule has 0 aliphatic heterocycles. The number of halogens is 3. The van der Waals surface area contributed by atoms with Gasteiger partial charge in [-0.1, -0.05) is 47.6 Å². The van der Waals surface area contributed by atoms with Crippen molar-refractivity contribution < 1.29 is 47.7 Å². The molecule has 0 radical (unpaired) electrons. The summed E-state index contributed by atoms with van der Waals surface area (Å²) < 4.78 is 24.6. The van der Waals surface area contributed by atoms with Gasteiger partial charge in [0.2, 0.25) is 0 Å². The number of unbranched alkanes of at least 4 members (excludes halogenated alkanes) is 4. The molecule has 0 fully saturated rings. The maximum absolute atomic E-state index is 11.7. The van der Waals surface area contributed by atoms with E-state index in [0.717, 1.165) is 38.5 Å². The molecule has 392 valence electrons. The zero-order valence-corrected chi connectivity index (χ0v) is 44.7. The third-order valence-electron chi connectivity index (χ3n) is 9.94. The van der Waals surface area contributed by atoms with Crippen LogP contribution in [0, 0.1) is 0 Å². The number of nitrogens with zero attached hydrogens (tertiary/aromatic N) is 6. The van der Waals surface area contributed by atoms with Gasteiger partial charge in [-0.05, 0) is 122 Å². The average molecular weight is 1070 g/mol. The number of carbonyl (C=O) groups is 5. The molecule has 0 spiro atoms. The molecule has 73 heavy (non-hydrogen) atoms. The number of rotatable bonds is 18. The van der Waals surface area contributed by atoms with Crippen LogP contribution in [-0.2, 0) is 39.8 Å². The molecule has 0 amide bonds. The summed E-state index contributed by atoms with van der Waals surface area (Å²) in [5, 5.41) is 6.92. The van der Waals surface area contributed by atoms with Crippen LogP contribution in [0.1, 0.15) is 130 Å². The molecule has 3 heterocycles.